The number of ether oxygens (including phenoxy) is 1. The summed E-state index contributed by atoms with van der Waals surface area (Å²) in [5.41, 5.74) is 0.802. The standard InChI is InChI=1S/C11H17N3O2/c1-4-6-13-10(11(15)16-3)9-7-12-8-14(9)5-2/h4,7-8,10,13H,1,5-6H2,2-3H3. The van der Waals surface area contributed by atoms with Crippen LogP contribution in [0.5, 0.6) is 0 Å². The maximum Gasteiger partial charge on any atom is 0.329 e. The van der Waals surface area contributed by atoms with Crippen LogP contribution in [0, 0.1) is 0 Å². The number of methoxy groups -OCH3 is 1. The lowest BCUT2D eigenvalue weighted by atomic mass is 10.2. The van der Waals surface area contributed by atoms with Gasteiger partial charge in [-0.2, -0.15) is 0 Å². The molecule has 1 unspecified atom stereocenters. The summed E-state index contributed by atoms with van der Waals surface area (Å²) >= 11 is 0. The lowest BCUT2D eigenvalue weighted by Gasteiger charge is -2.16. The second kappa shape index (κ2) is 6.07. The van der Waals surface area contributed by atoms with Crippen LogP contribution < -0.4 is 5.32 Å². The molecule has 88 valence electrons. The van der Waals surface area contributed by atoms with Gasteiger partial charge in [0.15, 0.2) is 0 Å². The minimum absolute atomic E-state index is 0.322. The van der Waals surface area contributed by atoms with Crippen molar-refractivity contribution in [1.82, 2.24) is 14.9 Å². The zero-order valence-electron chi connectivity index (χ0n) is 9.64. The molecule has 1 heterocycles. The summed E-state index contributed by atoms with van der Waals surface area (Å²) in [6.45, 7) is 6.90. The smallest absolute Gasteiger partial charge is 0.329 e. The molecule has 0 amide bonds. The van der Waals surface area contributed by atoms with E-state index in [0.29, 0.717) is 6.54 Å². The Labute approximate surface area is 95.1 Å². The number of imidazole rings is 1. The fraction of sp³-hybridized carbons (Fsp3) is 0.455. The molecule has 0 bridgehead atoms. The maximum absolute atomic E-state index is 11.6. The predicted octanol–water partition coefficient (Wildman–Crippen LogP) is 0.893. The van der Waals surface area contributed by atoms with Gasteiger partial charge in [-0.25, -0.2) is 9.78 Å². The van der Waals surface area contributed by atoms with E-state index in [1.165, 1.54) is 7.11 Å². The van der Waals surface area contributed by atoms with Gasteiger partial charge in [-0.05, 0) is 6.92 Å². The molecule has 0 radical (unpaired) electrons. The number of rotatable bonds is 6. The Morgan fingerprint density at radius 1 is 1.81 bits per heavy atom. The molecular weight excluding hydrogens is 206 g/mol. The van der Waals surface area contributed by atoms with Crippen molar-refractivity contribution in [2.24, 2.45) is 0 Å². The highest BCUT2D eigenvalue weighted by molar-refractivity contribution is 5.76. The molecule has 1 N–H and O–H groups in total. The van der Waals surface area contributed by atoms with Crippen LogP contribution in [-0.4, -0.2) is 29.2 Å². The number of carbonyl (C=O) groups is 1. The first-order valence-electron chi connectivity index (χ1n) is 5.16. The van der Waals surface area contributed by atoms with E-state index in [4.69, 9.17) is 4.74 Å². The van der Waals surface area contributed by atoms with E-state index in [-0.39, 0.29) is 5.97 Å². The first kappa shape index (κ1) is 12.4. The van der Waals surface area contributed by atoms with E-state index in [1.807, 2.05) is 11.5 Å². The molecule has 1 aromatic heterocycles. The summed E-state index contributed by atoms with van der Waals surface area (Å²) in [5, 5.41) is 3.04. The summed E-state index contributed by atoms with van der Waals surface area (Å²) < 4.78 is 6.66. The quantitative estimate of drug-likeness (QED) is 0.575. The molecule has 0 aliphatic carbocycles. The molecule has 0 aliphatic heterocycles. The van der Waals surface area contributed by atoms with Gasteiger partial charge in [-0.15, -0.1) is 6.58 Å². The van der Waals surface area contributed by atoms with Gasteiger partial charge in [-0.3, -0.25) is 5.32 Å². The molecule has 1 aromatic rings. The Morgan fingerprint density at radius 2 is 2.56 bits per heavy atom. The first-order valence-corrected chi connectivity index (χ1v) is 5.16. The normalized spacial score (nSPS) is 12.1. The van der Waals surface area contributed by atoms with Crippen LogP contribution >= 0.6 is 0 Å². The summed E-state index contributed by atoms with van der Waals surface area (Å²) in [4.78, 5) is 15.7. The van der Waals surface area contributed by atoms with Gasteiger partial charge >= 0.3 is 5.97 Å². The summed E-state index contributed by atoms with van der Waals surface area (Å²) in [6.07, 6.45) is 5.06. The molecule has 5 heteroatoms. The van der Waals surface area contributed by atoms with Crippen molar-refractivity contribution in [2.45, 2.75) is 19.5 Å². The Balaban J connectivity index is 2.90. The number of aryl methyl sites for hydroxylation is 1. The highest BCUT2D eigenvalue weighted by atomic mass is 16.5. The van der Waals surface area contributed by atoms with Gasteiger partial charge in [0.05, 0.1) is 25.3 Å². The van der Waals surface area contributed by atoms with Crippen molar-refractivity contribution in [3.63, 3.8) is 0 Å². The van der Waals surface area contributed by atoms with Gasteiger partial charge in [0.25, 0.3) is 0 Å². The summed E-state index contributed by atoms with van der Waals surface area (Å²) in [7, 11) is 1.37. The average molecular weight is 223 g/mol. The molecule has 5 nitrogen and oxygen atoms in total. The lowest BCUT2D eigenvalue weighted by Crippen LogP contribution is -2.31. The first-order chi connectivity index (χ1) is 7.74. The number of hydrogen-bond acceptors (Lipinski definition) is 4. The fourth-order valence-electron chi connectivity index (χ4n) is 1.46. The second-order valence-electron chi connectivity index (χ2n) is 3.26. The number of nitrogens with zero attached hydrogens (tertiary/aromatic N) is 2. The lowest BCUT2D eigenvalue weighted by molar-refractivity contribution is -0.143. The van der Waals surface area contributed by atoms with E-state index in [0.717, 1.165) is 12.2 Å². The average Bonchev–Trinajstić information content (AvgIpc) is 2.77. The monoisotopic (exact) mass is 223 g/mol. The molecule has 0 spiro atoms. The highest BCUT2D eigenvalue weighted by Gasteiger charge is 2.23. The van der Waals surface area contributed by atoms with E-state index < -0.39 is 6.04 Å². The molecule has 0 aliphatic rings. The van der Waals surface area contributed by atoms with Crippen LogP contribution in [0.15, 0.2) is 25.2 Å². The van der Waals surface area contributed by atoms with Crippen molar-refractivity contribution in [1.29, 1.82) is 0 Å². The third-order valence-corrected chi connectivity index (χ3v) is 2.28. The molecule has 0 saturated heterocycles. The Hall–Kier alpha value is -1.62. The topological polar surface area (TPSA) is 56.1 Å². The summed E-state index contributed by atoms with van der Waals surface area (Å²) in [5.74, 6) is -0.322. The predicted molar refractivity (Wildman–Crippen MR) is 60.9 cm³/mol. The zero-order chi connectivity index (χ0) is 12.0. The minimum Gasteiger partial charge on any atom is -0.468 e. The van der Waals surface area contributed by atoms with Gasteiger partial charge < -0.3 is 9.30 Å². The van der Waals surface area contributed by atoms with Crippen molar-refractivity contribution in [2.75, 3.05) is 13.7 Å². The minimum atomic E-state index is -0.495. The van der Waals surface area contributed by atoms with Crippen LogP contribution in [0.2, 0.25) is 0 Å². The maximum atomic E-state index is 11.6. The van der Waals surface area contributed by atoms with Crippen molar-refractivity contribution < 1.29 is 9.53 Å². The van der Waals surface area contributed by atoms with Crippen molar-refractivity contribution in [3.05, 3.63) is 30.9 Å². The number of esters is 1. The molecule has 0 saturated carbocycles. The zero-order valence-corrected chi connectivity index (χ0v) is 9.64. The van der Waals surface area contributed by atoms with Crippen LogP contribution in [-0.2, 0) is 16.1 Å². The van der Waals surface area contributed by atoms with E-state index in [1.54, 1.807) is 18.6 Å². The number of carbonyl (C=O) groups excluding carboxylic acids is 1. The third kappa shape index (κ3) is 2.70. The molecule has 1 rings (SSSR count). The fourth-order valence-corrected chi connectivity index (χ4v) is 1.46. The van der Waals surface area contributed by atoms with Crippen LogP contribution in [0.4, 0.5) is 0 Å². The van der Waals surface area contributed by atoms with Crippen LogP contribution in [0.3, 0.4) is 0 Å². The molecule has 0 aromatic carbocycles. The van der Waals surface area contributed by atoms with Crippen LogP contribution in [0.25, 0.3) is 0 Å². The van der Waals surface area contributed by atoms with Gasteiger partial charge in [-0.1, -0.05) is 6.08 Å². The van der Waals surface area contributed by atoms with Gasteiger partial charge in [0, 0.05) is 13.1 Å². The SMILES string of the molecule is C=CCNC(C(=O)OC)c1cncn1CC. The largest absolute Gasteiger partial charge is 0.468 e. The second-order valence-corrected chi connectivity index (χ2v) is 3.26. The van der Waals surface area contributed by atoms with Crippen LogP contribution in [0.1, 0.15) is 18.7 Å². The Bertz CT molecular complexity index is 360. The molecule has 16 heavy (non-hydrogen) atoms. The number of nitrogens with one attached hydrogen (secondary N) is 1. The van der Waals surface area contributed by atoms with E-state index in [9.17, 15) is 4.79 Å². The van der Waals surface area contributed by atoms with Gasteiger partial charge in [0.2, 0.25) is 0 Å². The molecular formula is C11H17N3O2. The van der Waals surface area contributed by atoms with Gasteiger partial charge in [0.1, 0.15) is 6.04 Å². The van der Waals surface area contributed by atoms with E-state index in [2.05, 4.69) is 16.9 Å². The molecule has 0 fully saturated rings. The van der Waals surface area contributed by atoms with Crippen molar-refractivity contribution >= 4 is 5.97 Å². The Kier molecular flexibility index (Phi) is 4.72. The highest BCUT2D eigenvalue weighted by Crippen LogP contribution is 2.14. The number of hydrogen-bond donors (Lipinski definition) is 1. The number of aromatic nitrogens is 2. The van der Waals surface area contributed by atoms with E-state index >= 15 is 0 Å². The van der Waals surface area contributed by atoms with Crippen molar-refractivity contribution in [3.8, 4) is 0 Å². The third-order valence-electron chi connectivity index (χ3n) is 2.28. The summed E-state index contributed by atoms with van der Waals surface area (Å²) in [6, 6.07) is -0.495. The molecule has 1 atom stereocenters. The Morgan fingerprint density at radius 3 is 3.12 bits per heavy atom.